The zero-order valence-corrected chi connectivity index (χ0v) is 16.9. The molecule has 0 aromatic rings. The molecule has 0 atom stereocenters. The van der Waals surface area contributed by atoms with Crippen molar-refractivity contribution in [1.82, 2.24) is 0 Å². The van der Waals surface area contributed by atoms with Crippen molar-refractivity contribution in [3.05, 3.63) is 0 Å². The molecule has 0 heterocycles. The Hall–Kier alpha value is 0.828. The molecule has 0 saturated carbocycles. The van der Waals surface area contributed by atoms with Crippen LogP contribution in [0.3, 0.4) is 0 Å². The lowest BCUT2D eigenvalue weighted by molar-refractivity contribution is 0.572. The molecule has 0 fully saturated rings. The highest BCUT2D eigenvalue weighted by molar-refractivity contribution is 7.24. The van der Waals surface area contributed by atoms with Crippen molar-refractivity contribution in [2.24, 2.45) is 0 Å². The summed E-state index contributed by atoms with van der Waals surface area (Å²) in [4.78, 5) is 10.7. The van der Waals surface area contributed by atoms with Gasteiger partial charge in [-0.15, -0.1) is 0 Å². The summed E-state index contributed by atoms with van der Waals surface area (Å²) in [6.45, 7) is 24.5. The molecule has 0 bridgehead atoms. The van der Waals surface area contributed by atoms with Crippen molar-refractivity contribution in [2.45, 2.75) is 69.4 Å². The van der Waals surface area contributed by atoms with Gasteiger partial charge in [0.1, 0.15) is 0 Å². The Morgan fingerprint density at radius 2 is 0.875 bits per heavy atom. The number of hydrogen-bond acceptors (Lipinski definition) is 1. The maximum absolute atomic E-state index is 10.7. The Labute approximate surface area is 107 Å². The number of rotatable bonds is 4. The SMILES string of the molecule is C[Si](O)C([Si](C)(C)C)([Si](C)(C)C)[Si](C)(C)C. The van der Waals surface area contributed by atoms with Crippen LogP contribution in [0, 0.1) is 0 Å². The van der Waals surface area contributed by atoms with E-state index in [1.165, 1.54) is 0 Å². The van der Waals surface area contributed by atoms with Crippen LogP contribution in [0.25, 0.3) is 0 Å². The molecule has 0 aromatic carbocycles. The van der Waals surface area contributed by atoms with Crippen LogP contribution < -0.4 is 0 Å². The lowest BCUT2D eigenvalue weighted by Crippen LogP contribution is -2.71. The predicted octanol–water partition coefficient (Wildman–Crippen LogP) is 3.97. The minimum Gasteiger partial charge on any atom is -0.432 e. The lowest BCUT2D eigenvalue weighted by Gasteiger charge is -2.60. The fourth-order valence-electron chi connectivity index (χ4n) is 5.00. The molecule has 0 aliphatic heterocycles. The van der Waals surface area contributed by atoms with Crippen molar-refractivity contribution in [3.63, 3.8) is 0 Å². The van der Waals surface area contributed by atoms with E-state index in [9.17, 15) is 4.80 Å². The van der Waals surface area contributed by atoms with E-state index in [1.54, 1.807) is 0 Å². The van der Waals surface area contributed by atoms with Crippen LogP contribution in [0.2, 0.25) is 69.4 Å². The highest BCUT2D eigenvalue weighted by Crippen LogP contribution is 2.54. The largest absolute Gasteiger partial charge is 0.432 e. The van der Waals surface area contributed by atoms with Gasteiger partial charge in [-0.3, -0.25) is 0 Å². The van der Waals surface area contributed by atoms with E-state index in [0.717, 1.165) is 0 Å². The van der Waals surface area contributed by atoms with E-state index in [2.05, 4.69) is 65.5 Å². The van der Waals surface area contributed by atoms with Crippen LogP contribution in [0.15, 0.2) is 0 Å². The van der Waals surface area contributed by atoms with E-state index < -0.39 is 33.3 Å². The molecular formula is C11H31OSi4. The fraction of sp³-hybridized carbons (Fsp3) is 1.00. The minimum absolute atomic E-state index is 0.387. The van der Waals surface area contributed by atoms with Crippen molar-refractivity contribution in [2.75, 3.05) is 0 Å². The molecule has 0 aliphatic carbocycles. The minimum atomic E-state index is -1.35. The maximum atomic E-state index is 10.7. The van der Waals surface area contributed by atoms with E-state index in [0.29, 0.717) is 3.91 Å². The van der Waals surface area contributed by atoms with Gasteiger partial charge in [0, 0.05) is 24.2 Å². The molecule has 0 amide bonds. The highest BCUT2D eigenvalue weighted by Gasteiger charge is 2.63. The Morgan fingerprint density at radius 1 is 0.688 bits per heavy atom. The lowest BCUT2D eigenvalue weighted by atomic mass is 11.6. The summed E-state index contributed by atoms with van der Waals surface area (Å²) in [5.41, 5.74) is 0. The first-order valence-electron chi connectivity index (χ1n) is 6.22. The van der Waals surface area contributed by atoms with Gasteiger partial charge in [-0.25, -0.2) is 0 Å². The Bertz CT molecular complexity index is 206. The standard InChI is InChI=1S/C11H31OSi4/c1-13(12)11(14(2,3)4,15(5,6)7)16(8,9)10/h12H,1-10H3. The van der Waals surface area contributed by atoms with Crippen LogP contribution in [-0.2, 0) is 0 Å². The van der Waals surface area contributed by atoms with E-state index in [4.69, 9.17) is 0 Å². The summed E-state index contributed by atoms with van der Waals surface area (Å²) in [6.07, 6.45) is 0. The normalized spacial score (nSPS) is 15.8. The first-order chi connectivity index (χ1) is 6.69. The van der Waals surface area contributed by atoms with Gasteiger partial charge in [-0.1, -0.05) is 58.9 Å². The van der Waals surface area contributed by atoms with Crippen molar-refractivity contribution >= 4 is 33.3 Å². The zero-order chi connectivity index (χ0) is 13.6. The van der Waals surface area contributed by atoms with E-state index >= 15 is 0 Å². The third-order valence-electron chi connectivity index (χ3n) is 3.92. The summed E-state index contributed by atoms with van der Waals surface area (Å²) in [6, 6.07) is 0. The molecule has 16 heavy (non-hydrogen) atoms. The van der Waals surface area contributed by atoms with Crippen molar-refractivity contribution in [3.8, 4) is 0 Å². The van der Waals surface area contributed by atoms with Gasteiger partial charge in [0.25, 0.3) is 0 Å². The smallest absolute Gasteiger partial charge is 0.201 e. The van der Waals surface area contributed by atoms with Crippen LogP contribution in [-0.4, -0.2) is 38.1 Å². The molecule has 1 N–H and O–H groups in total. The van der Waals surface area contributed by atoms with Gasteiger partial charge >= 0.3 is 0 Å². The monoisotopic (exact) mass is 291 g/mol. The molecule has 97 valence electrons. The van der Waals surface area contributed by atoms with Gasteiger partial charge in [0.05, 0.1) is 0 Å². The molecule has 0 spiro atoms. The van der Waals surface area contributed by atoms with Crippen LogP contribution >= 0.6 is 0 Å². The summed E-state index contributed by atoms with van der Waals surface area (Å²) >= 11 is 0. The van der Waals surface area contributed by atoms with Gasteiger partial charge < -0.3 is 4.80 Å². The molecule has 0 unspecified atom stereocenters. The topological polar surface area (TPSA) is 20.2 Å². The third-order valence-corrected chi connectivity index (χ3v) is 35.3. The molecule has 0 aliphatic rings. The molecule has 5 heteroatoms. The average molecular weight is 292 g/mol. The van der Waals surface area contributed by atoms with Crippen LogP contribution in [0.1, 0.15) is 0 Å². The second-order valence-corrected chi connectivity index (χ2v) is 28.8. The van der Waals surface area contributed by atoms with Gasteiger partial charge in [0.15, 0.2) is 0 Å². The molecule has 1 nitrogen and oxygen atoms in total. The summed E-state index contributed by atoms with van der Waals surface area (Å²) < 4.78 is 0.387. The molecule has 0 rings (SSSR count). The third kappa shape index (κ3) is 2.48. The van der Waals surface area contributed by atoms with E-state index in [-0.39, 0.29) is 0 Å². The quantitative estimate of drug-likeness (QED) is 0.777. The second kappa shape index (κ2) is 4.49. The fourth-order valence-corrected chi connectivity index (χ4v) is 45.0. The zero-order valence-electron chi connectivity index (χ0n) is 12.9. The van der Waals surface area contributed by atoms with Gasteiger partial charge in [0.2, 0.25) is 9.04 Å². The van der Waals surface area contributed by atoms with Crippen molar-refractivity contribution in [1.29, 1.82) is 0 Å². The average Bonchev–Trinajstić information content (AvgIpc) is 1.71. The van der Waals surface area contributed by atoms with Gasteiger partial charge in [-0.2, -0.15) is 0 Å². The first kappa shape index (κ1) is 16.8. The molecule has 1 radical (unpaired) electrons. The summed E-state index contributed by atoms with van der Waals surface area (Å²) in [5.74, 6) is 0. The molecule has 0 saturated heterocycles. The first-order valence-corrected chi connectivity index (χ1v) is 18.7. The molecule has 0 aromatic heterocycles. The van der Waals surface area contributed by atoms with Crippen molar-refractivity contribution < 1.29 is 4.80 Å². The summed E-state index contributed by atoms with van der Waals surface area (Å²) in [5, 5.41) is 0. The highest BCUT2D eigenvalue weighted by atomic mass is 28.5. The van der Waals surface area contributed by atoms with Crippen LogP contribution in [0.5, 0.6) is 0 Å². The van der Waals surface area contributed by atoms with E-state index in [1.807, 2.05) is 0 Å². The number of hydrogen-bond donors (Lipinski definition) is 1. The second-order valence-electron chi connectivity index (χ2n) is 8.09. The Kier molecular flexibility index (Phi) is 4.73. The summed E-state index contributed by atoms with van der Waals surface area (Å²) in [7, 11) is -5.28. The maximum Gasteiger partial charge on any atom is 0.201 e. The van der Waals surface area contributed by atoms with Gasteiger partial charge in [-0.05, 0) is 10.5 Å². The van der Waals surface area contributed by atoms with Crippen LogP contribution in [0.4, 0.5) is 0 Å². The Morgan fingerprint density at radius 3 is 0.875 bits per heavy atom. The molecular weight excluding hydrogens is 260 g/mol. The Balaban J connectivity index is 6.05. The predicted molar refractivity (Wildman–Crippen MR) is 86.6 cm³/mol.